The summed E-state index contributed by atoms with van der Waals surface area (Å²) in [5.41, 5.74) is 3.28. The highest BCUT2D eigenvalue weighted by Crippen LogP contribution is 2.19. The summed E-state index contributed by atoms with van der Waals surface area (Å²) in [4.78, 5) is 12.1. The molecular weight excluding hydrogens is 276 g/mol. The van der Waals surface area contributed by atoms with Crippen LogP contribution in [0.4, 0.5) is 0 Å². The smallest absolute Gasteiger partial charge is 0.251 e. The number of hydrogen-bond donors (Lipinski definition) is 1. The fourth-order valence-electron chi connectivity index (χ4n) is 2.23. The Morgan fingerprint density at radius 3 is 2.59 bits per heavy atom. The molecule has 0 bridgehead atoms. The van der Waals surface area contributed by atoms with E-state index in [0.29, 0.717) is 23.6 Å². The standard InChI is InChI=1S/C18H16N2O2/c1-13-7-5-6-10-16(13)18(21)19-12-15-11-17(22-20-15)14-8-3-2-4-9-14/h2-11H,12H2,1H3,(H,19,21). The maximum Gasteiger partial charge on any atom is 0.251 e. The summed E-state index contributed by atoms with van der Waals surface area (Å²) in [6.07, 6.45) is 0. The molecule has 0 saturated heterocycles. The average Bonchev–Trinajstić information content (AvgIpc) is 3.03. The molecule has 110 valence electrons. The van der Waals surface area contributed by atoms with Crippen LogP contribution in [0, 0.1) is 6.92 Å². The predicted molar refractivity (Wildman–Crippen MR) is 84.3 cm³/mol. The summed E-state index contributed by atoms with van der Waals surface area (Å²) < 4.78 is 5.31. The number of aromatic nitrogens is 1. The second-order valence-corrected chi connectivity index (χ2v) is 5.05. The molecule has 3 rings (SSSR count). The van der Waals surface area contributed by atoms with Crippen LogP contribution in [0.5, 0.6) is 0 Å². The molecule has 1 N–H and O–H groups in total. The van der Waals surface area contributed by atoms with Crippen molar-refractivity contribution >= 4 is 5.91 Å². The highest BCUT2D eigenvalue weighted by molar-refractivity contribution is 5.95. The molecule has 1 amide bonds. The Labute approximate surface area is 128 Å². The lowest BCUT2D eigenvalue weighted by atomic mass is 10.1. The van der Waals surface area contributed by atoms with Gasteiger partial charge in [0.05, 0.1) is 6.54 Å². The van der Waals surface area contributed by atoms with E-state index in [1.807, 2.05) is 67.6 Å². The molecule has 0 aliphatic carbocycles. The van der Waals surface area contributed by atoms with Crippen LogP contribution in [0.15, 0.2) is 65.2 Å². The number of amides is 1. The van der Waals surface area contributed by atoms with E-state index in [1.165, 1.54) is 0 Å². The Morgan fingerprint density at radius 2 is 1.82 bits per heavy atom. The van der Waals surface area contributed by atoms with Gasteiger partial charge in [-0.3, -0.25) is 4.79 Å². The Hall–Kier alpha value is -2.88. The third-order valence-electron chi connectivity index (χ3n) is 3.44. The van der Waals surface area contributed by atoms with Crippen molar-refractivity contribution in [3.8, 4) is 11.3 Å². The zero-order valence-electron chi connectivity index (χ0n) is 12.2. The first-order valence-electron chi connectivity index (χ1n) is 7.09. The zero-order valence-corrected chi connectivity index (χ0v) is 12.2. The number of carbonyl (C=O) groups excluding carboxylic acids is 1. The van der Waals surface area contributed by atoms with Crippen molar-refractivity contribution in [3.05, 3.63) is 77.5 Å². The second kappa shape index (κ2) is 6.26. The number of benzene rings is 2. The second-order valence-electron chi connectivity index (χ2n) is 5.05. The van der Waals surface area contributed by atoms with Crippen molar-refractivity contribution in [1.82, 2.24) is 10.5 Å². The normalized spacial score (nSPS) is 10.4. The quantitative estimate of drug-likeness (QED) is 0.799. The lowest BCUT2D eigenvalue weighted by Gasteiger charge is -2.05. The Kier molecular flexibility index (Phi) is 4.01. The molecule has 2 aromatic carbocycles. The first-order valence-corrected chi connectivity index (χ1v) is 7.09. The lowest BCUT2D eigenvalue weighted by molar-refractivity contribution is 0.0949. The molecule has 4 nitrogen and oxygen atoms in total. The number of aryl methyl sites for hydroxylation is 1. The Morgan fingerprint density at radius 1 is 1.09 bits per heavy atom. The van der Waals surface area contributed by atoms with Crippen LogP contribution in [0.3, 0.4) is 0 Å². The van der Waals surface area contributed by atoms with Gasteiger partial charge in [0, 0.05) is 17.2 Å². The Balaban J connectivity index is 1.67. The minimum absolute atomic E-state index is 0.109. The van der Waals surface area contributed by atoms with Crippen molar-refractivity contribution in [1.29, 1.82) is 0 Å². The van der Waals surface area contributed by atoms with Gasteiger partial charge in [0.1, 0.15) is 5.69 Å². The van der Waals surface area contributed by atoms with Crippen LogP contribution in [-0.4, -0.2) is 11.1 Å². The van der Waals surface area contributed by atoms with E-state index in [2.05, 4.69) is 10.5 Å². The number of rotatable bonds is 4. The average molecular weight is 292 g/mol. The molecule has 0 fully saturated rings. The van der Waals surface area contributed by atoms with Gasteiger partial charge in [-0.15, -0.1) is 0 Å². The summed E-state index contributed by atoms with van der Waals surface area (Å²) in [5, 5.41) is 6.85. The molecule has 0 saturated carbocycles. The van der Waals surface area contributed by atoms with E-state index < -0.39 is 0 Å². The number of hydrogen-bond acceptors (Lipinski definition) is 3. The molecule has 3 aromatic rings. The maximum absolute atomic E-state index is 12.1. The lowest BCUT2D eigenvalue weighted by Crippen LogP contribution is -2.23. The third kappa shape index (κ3) is 3.06. The topological polar surface area (TPSA) is 55.1 Å². The molecular formula is C18H16N2O2. The summed E-state index contributed by atoms with van der Waals surface area (Å²) in [7, 11) is 0. The molecule has 0 atom stereocenters. The first-order chi connectivity index (χ1) is 10.7. The highest BCUT2D eigenvalue weighted by atomic mass is 16.5. The predicted octanol–water partition coefficient (Wildman–Crippen LogP) is 3.58. The van der Waals surface area contributed by atoms with Gasteiger partial charge in [-0.05, 0) is 18.6 Å². The first kappa shape index (κ1) is 14.1. The fourth-order valence-corrected chi connectivity index (χ4v) is 2.23. The van der Waals surface area contributed by atoms with Crippen molar-refractivity contribution in [2.24, 2.45) is 0 Å². The largest absolute Gasteiger partial charge is 0.356 e. The summed E-state index contributed by atoms with van der Waals surface area (Å²) >= 11 is 0. The van der Waals surface area contributed by atoms with E-state index in [1.54, 1.807) is 0 Å². The van der Waals surface area contributed by atoms with Crippen LogP contribution in [0.2, 0.25) is 0 Å². The molecule has 1 aromatic heterocycles. The fraction of sp³-hybridized carbons (Fsp3) is 0.111. The van der Waals surface area contributed by atoms with Gasteiger partial charge in [-0.2, -0.15) is 0 Å². The van der Waals surface area contributed by atoms with Crippen LogP contribution in [0.25, 0.3) is 11.3 Å². The third-order valence-corrected chi connectivity index (χ3v) is 3.44. The van der Waals surface area contributed by atoms with Crippen LogP contribution in [-0.2, 0) is 6.54 Å². The van der Waals surface area contributed by atoms with E-state index in [9.17, 15) is 4.79 Å². The van der Waals surface area contributed by atoms with Gasteiger partial charge in [0.2, 0.25) is 0 Å². The molecule has 0 unspecified atom stereocenters. The van der Waals surface area contributed by atoms with Crippen LogP contribution >= 0.6 is 0 Å². The van der Waals surface area contributed by atoms with E-state index in [0.717, 1.165) is 11.1 Å². The van der Waals surface area contributed by atoms with Crippen LogP contribution in [0.1, 0.15) is 21.6 Å². The molecule has 4 heteroatoms. The van der Waals surface area contributed by atoms with Gasteiger partial charge >= 0.3 is 0 Å². The van der Waals surface area contributed by atoms with Crippen molar-refractivity contribution < 1.29 is 9.32 Å². The molecule has 0 radical (unpaired) electrons. The van der Waals surface area contributed by atoms with E-state index >= 15 is 0 Å². The van der Waals surface area contributed by atoms with Crippen molar-refractivity contribution in [2.75, 3.05) is 0 Å². The van der Waals surface area contributed by atoms with Gasteiger partial charge < -0.3 is 9.84 Å². The maximum atomic E-state index is 12.1. The van der Waals surface area contributed by atoms with Gasteiger partial charge in [0.25, 0.3) is 5.91 Å². The molecule has 0 spiro atoms. The minimum Gasteiger partial charge on any atom is -0.356 e. The van der Waals surface area contributed by atoms with Crippen LogP contribution < -0.4 is 5.32 Å². The number of carbonyl (C=O) groups is 1. The monoisotopic (exact) mass is 292 g/mol. The summed E-state index contributed by atoms with van der Waals surface area (Å²) in [6, 6.07) is 19.1. The number of nitrogens with one attached hydrogen (secondary N) is 1. The van der Waals surface area contributed by atoms with E-state index in [-0.39, 0.29) is 5.91 Å². The number of nitrogens with zero attached hydrogens (tertiary/aromatic N) is 1. The minimum atomic E-state index is -0.109. The summed E-state index contributed by atoms with van der Waals surface area (Å²) in [6.45, 7) is 2.25. The van der Waals surface area contributed by atoms with Gasteiger partial charge in [-0.25, -0.2) is 0 Å². The van der Waals surface area contributed by atoms with Gasteiger partial charge in [0.15, 0.2) is 5.76 Å². The van der Waals surface area contributed by atoms with Gasteiger partial charge in [-0.1, -0.05) is 53.7 Å². The van der Waals surface area contributed by atoms with E-state index in [4.69, 9.17) is 4.52 Å². The highest BCUT2D eigenvalue weighted by Gasteiger charge is 2.10. The van der Waals surface area contributed by atoms with Crippen molar-refractivity contribution in [3.63, 3.8) is 0 Å². The zero-order chi connectivity index (χ0) is 15.4. The SMILES string of the molecule is Cc1ccccc1C(=O)NCc1cc(-c2ccccc2)on1. The Bertz CT molecular complexity index is 779. The molecule has 1 heterocycles. The molecule has 22 heavy (non-hydrogen) atoms. The molecule has 0 aliphatic rings. The van der Waals surface area contributed by atoms with Crippen molar-refractivity contribution in [2.45, 2.75) is 13.5 Å². The molecule has 0 aliphatic heterocycles. The summed E-state index contributed by atoms with van der Waals surface area (Å²) in [5.74, 6) is 0.586.